The number of aromatic nitrogens is 2. The summed E-state index contributed by atoms with van der Waals surface area (Å²) in [6, 6.07) is 10.5. The molecule has 0 bridgehead atoms. The number of likely N-dealkylation sites (N-methyl/N-ethyl adjacent to an activating group) is 1. The minimum absolute atomic E-state index is 0.00734. The normalized spacial score (nSPS) is 19.6. The van der Waals surface area contributed by atoms with E-state index in [1.807, 2.05) is 17.7 Å². The number of rotatable bonds is 6. The van der Waals surface area contributed by atoms with E-state index in [2.05, 4.69) is 48.2 Å². The van der Waals surface area contributed by atoms with Crippen LogP contribution in [-0.2, 0) is 22.8 Å². The minimum Gasteiger partial charge on any atom is -0.302 e. The molecule has 6 heteroatoms. The van der Waals surface area contributed by atoms with E-state index < -0.39 is 9.84 Å². The Kier molecular flexibility index (Phi) is 5.29. The molecular formula is C19H27N3O2S. The third-order valence-corrected chi connectivity index (χ3v) is 6.83. The fraction of sp³-hybridized carbons (Fsp3) is 0.526. The van der Waals surface area contributed by atoms with E-state index in [-0.39, 0.29) is 17.5 Å². The Morgan fingerprint density at radius 2 is 1.96 bits per heavy atom. The fourth-order valence-corrected chi connectivity index (χ4v) is 5.26. The maximum atomic E-state index is 11.8. The summed E-state index contributed by atoms with van der Waals surface area (Å²) < 4.78 is 25.5. The molecular weight excluding hydrogens is 334 g/mol. The van der Waals surface area contributed by atoms with Gasteiger partial charge >= 0.3 is 0 Å². The van der Waals surface area contributed by atoms with E-state index >= 15 is 0 Å². The number of aryl methyl sites for hydroxylation is 1. The lowest BCUT2D eigenvalue weighted by Crippen LogP contribution is -2.21. The summed E-state index contributed by atoms with van der Waals surface area (Å²) in [4.78, 5) is 2.31. The highest BCUT2D eigenvalue weighted by Gasteiger charge is 2.31. The lowest BCUT2D eigenvalue weighted by atomic mass is 10.1. The van der Waals surface area contributed by atoms with Crippen LogP contribution in [0.15, 0.2) is 30.3 Å². The number of hydrogen-bond donors (Lipinski definition) is 0. The standard InChI is InChI=1S/C19H27N3O2S/c1-15-19(13-21(3)11-9-17-7-5-4-6-8-17)16(2)22(20-15)18-10-12-25(23,24)14-18/h4-8,18H,9-14H2,1-3H3/t18-/m1/s1. The summed E-state index contributed by atoms with van der Waals surface area (Å²) in [6.07, 6.45) is 1.69. The molecule has 1 atom stereocenters. The Bertz CT molecular complexity index is 828. The molecule has 136 valence electrons. The third kappa shape index (κ3) is 4.30. The van der Waals surface area contributed by atoms with Gasteiger partial charge in [0.05, 0.1) is 23.2 Å². The van der Waals surface area contributed by atoms with Crippen molar-refractivity contribution in [1.82, 2.24) is 14.7 Å². The van der Waals surface area contributed by atoms with Gasteiger partial charge in [0.2, 0.25) is 0 Å². The van der Waals surface area contributed by atoms with Gasteiger partial charge in [0.1, 0.15) is 0 Å². The second-order valence-electron chi connectivity index (χ2n) is 7.12. The topological polar surface area (TPSA) is 55.2 Å². The molecule has 3 rings (SSSR count). The molecule has 1 aromatic carbocycles. The SMILES string of the molecule is Cc1nn([C@@H]2CCS(=O)(=O)C2)c(C)c1CN(C)CCc1ccccc1. The predicted octanol–water partition coefficient (Wildman–Crippen LogP) is 2.53. The number of hydrogen-bond acceptors (Lipinski definition) is 4. The van der Waals surface area contributed by atoms with Crippen LogP contribution in [0.25, 0.3) is 0 Å². The molecule has 0 radical (unpaired) electrons. The third-order valence-electron chi connectivity index (χ3n) is 5.08. The van der Waals surface area contributed by atoms with Crippen molar-refractivity contribution < 1.29 is 8.42 Å². The minimum atomic E-state index is -2.90. The molecule has 1 aliphatic rings. The molecule has 2 heterocycles. The zero-order valence-electron chi connectivity index (χ0n) is 15.3. The Balaban J connectivity index is 1.66. The second-order valence-corrected chi connectivity index (χ2v) is 9.35. The molecule has 1 saturated heterocycles. The highest BCUT2D eigenvalue weighted by molar-refractivity contribution is 7.91. The van der Waals surface area contributed by atoms with Gasteiger partial charge in [-0.2, -0.15) is 5.10 Å². The van der Waals surface area contributed by atoms with Crippen LogP contribution < -0.4 is 0 Å². The van der Waals surface area contributed by atoms with Crippen LogP contribution >= 0.6 is 0 Å². The maximum Gasteiger partial charge on any atom is 0.152 e. The van der Waals surface area contributed by atoms with Crippen molar-refractivity contribution in [2.75, 3.05) is 25.1 Å². The smallest absolute Gasteiger partial charge is 0.152 e. The van der Waals surface area contributed by atoms with Crippen LogP contribution in [0.3, 0.4) is 0 Å². The first kappa shape index (κ1) is 18.1. The van der Waals surface area contributed by atoms with E-state index in [9.17, 15) is 8.42 Å². The summed E-state index contributed by atoms with van der Waals surface area (Å²) >= 11 is 0. The summed E-state index contributed by atoms with van der Waals surface area (Å²) in [7, 11) is -0.773. The van der Waals surface area contributed by atoms with E-state index in [0.717, 1.165) is 30.9 Å². The Hall–Kier alpha value is -1.66. The number of benzene rings is 1. The Morgan fingerprint density at radius 1 is 1.24 bits per heavy atom. The van der Waals surface area contributed by atoms with Crippen LogP contribution in [0.2, 0.25) is 0 Å². The van der Waals surface area contributed by atoms with Crippen LogP contribution in [0.5, 0.6) is 0 Å². The van der Waals surface area contributed by atoms with Crippen molar-refractivity contribution in [3.8, 4) is 0 Å². The van der Waals surface area contributed by atoms with E-state index in [1.54, 1.807) is 0 Å². The van der Waals surface area contributed by atoms with Gasteiger partial charge in [-0.25, -0.2) is 8.42 Å². The van der Waals surface area contributed by atoms with Crippen LogP contribution in [-0.4, -0.2) is 48.2 Å². The molecule has 0 N–H and O–H groups in total. The Labute approximate surface area is 150 Å². The quantitative estimate of drug-likeness (QED) is 0.793. The molecule has 1 aromatic heterocycles. The van der Waals surface area contributed by atoms with Crippen molar-refractivity contribution in [3.05, 3.63) is 52.8 Å². The van der Waals surface area contributed by atoms with Crippen molar-refractivity contribution in [2.45, 2.75) is 39.3 Å². The average molecular weight is 362 g/mol. The van der Waals surface area contributed by atoms with Crippen LogP contribution in [0, 0.1) is 13.8 Å². The Morgan fingerprint density at radius 3 is 2.60 bits per heavy atom. The molecule has 5 nitrogen and oxygen atoms in total. The zero-order chi connectivity index (χ0) is 18.0. The first-order valence-electron chi connectivity index (χ1n) is 8.83. The molecule has 2 aromatic rings. The lowest BCUT2D eigenvalue weighted by molar-refractivity contribution is 0.329. The monoisotopic (exact) mass is 361 g/mol. The van der Waals surface area contributed by atoms with Gasteiger partial charge in [-0.15, -0.1) is 0 Å². The molecule has 25 heavy (non-hydrogen) atoms. The molecule has 0 spiro atoms. The molecule has 1 fully saturated rings. The molecule has 0 unspecified atom stereocenters. The van der Waals surface area contributed by atoms with Gasteiger partial charge in [-0.3, -0.25) is 4.68 Å². The van der Waals surface area contributed by atoms with E-state index in [0.29, 0.717) is 6.42 Å². The number of sulfone groups is 1. The largest absolute Gasteiger partial charge is 0.302 e. The maximum absolute atomic E-state index is 11.8. The summed E-state index contributed by atoms with van der Waals surface area (Å²) in [5, 5.41) is 4.65. The number of nitrogens with zero attached hydrogens (tertiary/aromatic N) is 3. The van der Waals surface area contributed by atoms with Crippen LogP contribution in [0.1, 0.15) is 35.0 Å². The van der Waals surface area contributed by atoms with Crippen molar-refractivity contribution in [2.24, 2.45) is 0 Å². The molecule has 0 saturated carbocycles. The first-order chi connectivity index (χ1) is 11.9. The molecule has 0 aliphatic carbocycles. The molecule has 0 amide bonds. The highest BCUT2D eigenvalue weighted by atomic mass is 32.2. The summed E-state index contributed by atoms with van der Waals surface area (Å²) in [6.45, 7) is 5.90. The highest BCUT2D eigenvalue weighted by Crippen LogP contribution is 2.27. The zero-order valence-corrected chi connectivity index (χ0v) is 16.1. The first-order valence-corrected chi connectivity index (χ1v) is 10.7. The van der Waals surface area contributed by atoms with E-state index in [1.165, 1.54) is 11.1 Å². The van der Waals surface area contributed by atoms with Gasteiger partial charge in [-0.05, 0) is 39.3 Å². The van der Waals surface area contributed by atoms with Crippen molar-refractivity contribution in [1.29, 1.82) is 0 Å². The predicted molar refractivity (Wildman–Crippen MR) is 100 cm³/mol. The average Bonchev–Trinajstić information content (AvgIpc) is 3.07. The van der Waals surface area contributed by atoms with Crippen LogP contribution in [0.4, 0.5) is 0 Å². The molecule has 1 aliphatic heterocycles. The van der Waals surface area contributed by atoms with Gasteiger partial charge < -0.3 is 4.90 Å². The summed E-state index contributed by atoms with van der Waals surface area (Å²) in [5.74, 6) is 0.501. The van der Waals surface area contributed by atoms with Crippen molar-refractivity contribution in [3.63, 3.8) is 0 Å². The summed E-state index contributed by atoms with van der Waals surface area (Å²) in [5.41, 5.74) is 4.68. The van der Waals surface area contributed by atoms with Gasteiger partial charge in [-0.1, -0.05) is 30.3 Å². The fourth-order valence-electron chi connectivity index (χ4n) is 3.56. The second kappa shape index (κ2) is 7.30. The van der Waals surface area contributed by atoms with E-state index in [4.69, 9.17) is 0 Å². The van der Waals surface area contributed by atoms with Gasteiger partial charge in [0.15, 0.2) is 9.84 Å². The van der Waals surface area contributed by atoms with Gasteiger partial charge in [0.25, 0.3) is 0 Å². The van der Waals surface area contributed by atoms with Crippen molar-refractivity contribution >= 4 is 9.84 Å². The lowest BCUT2D eigenvalue weighted by Gasteiger charge is -2.17. The van der Waals surface area contributed by atoms with Gasteiger partial charge in [0, 0.05) is 24.3 Å².